The molecule has 0 radical (unpaired) electrons. The number of carbonyl (C=O) groups is 2. The molecule has 8 nitrogen and oxygen atoms in total. The number of methoxy groups -OCH3 is 1. The minimum atomic E-state index is -0.507. The molecular weight excluding hydrogens is 377 g/mol. The van der Waals surface area contributed by atoms with Crippen LogP contribution in [0.15, 0.2) is 18.3 Å². The molecular formula is C20H24FN5O3. The van der Waals surface area contributed by atoms with Gasteiger partial charge in [0.1, 0.15) is 23.7 Å². The third-order valence-electron chi connectivity index (χ3n) is 5.12. The molecule has 1 aromatic heterocycles. The molecule has 0 bridgehead atoms. The number of aldehydes is 1. The lowest BCUT2D eigenvalue weighted by atomic mass is 9.98. The van der Waals surface area contributed by atoms with E-state index in [2.05, 4.69) is 20.2 Å². The van der Waals surface area contributed by atoms with Crippen LogP contribution in [0.25, 0.3) is 0 Å². The molecule has 154 valence electrons. The quantitative estimate of drug-likeness (QED) is 0.534. The molecule has 1 saturated heterocycles. The number of aromatic nitrogens is 2. The minimum Gasteiger partial charge on any atom is -0.496 e. The fraction of sp³-hybridized carbons (Fsp3) is 0.400. The van der Waals surface area contributed by atoms with Gasteiger partial charge in [-0.1, -0.05) is 0 Å². The lowest BCUT2D eigenvalue weighted by Crippen LogP contribution is -2.40. The third-order valence-corrected chi connectivity index (χ3v) is 5.12. The van der Waals surface area contributed by atoms with Crippen LogP contribution in [0.1, 0.15) is 34.3 Å². The Morgan fingerprint density at radius 3 is 2.76 bits per heavy atom. The molecule has 1 aliphatic rings. The number of nitrogens with two attached hydrogens (primary N) is 1. The lowest BCUT2D eigenvalue weighted by molar-refractivity contribution is -0.109. The van der Waals surface area contributed by atoms with E-state index in [0.29, 0.717) is 12.5 Å². The van der Waals surface area contributed by atoms with Crippen LogP contribution in [0.3, 0.4) is 0 Å². The first-order valence-electron chi connectivity index (χ1n) is 9.37. The van der Waals surface area contributed by atoms with Crippen LogP contribution >= 0.6 is 0 Å². The van der Waals surface area contributed by atoms with Gasteiger partial charge in [0.2, 0.25) is 11.7 Å². The number of nitrogen functional groups attached to an aromatic ring is 1. The molecule has 0 aliphatic carbocycles. The van der Waals surface area contributed by atoms with Crippen molar-refractivity contribution in [2.75, 3.05) is 37.8 Å². The molecule has 0 unspecified atom stereocenters. The molecule has 0 saturated carbocycles. The monoisotopic (exact) mass is 401 g/mol. The number of likely N-dealkylation sites (tertiary alicyclic amines) is 1. The normalized spacial score (nSPS) is 15.1. The molecule has 9 heteroatoms. The number of hydrogen-bond donors (Lipinski definition) is 2. The second-order valence-electron chi connectivity index (χ2n) is 6.96. The van der Waals surface area contributed by atoms with Crippen LogP contribution in [0.2, 0.25) is 0 Å². The van der Waals surface area contributed by atoms with Gasteiger partial charge in [0.15, 0.2) is 0 Å². The van der Waals surface area contributed by atoms with E-state index < -0.39 is 11.6 Å². The van der Waals surface area contributed by atoms with Crippen LogP contribution < -0.4 is 15.8 Å². The van der Waals surface area contributed by atoms with Crippen LogP contribution in [0, 0.1) is 12.7 Å². The third kappa shape index (κ3) is 4.51. The number of nitrogens with zero attached hydrogens (tertiary/aromatic N) is 3. The first-order valence-corrected chi connectivity index (χ1v) is 9.37. The predicted molar refractivity (Wildman–Crippen MR) is 107 cm³/mol. The molecule has 0 amide bonds. The summed E-state index contributed by atoms with van der Waals surface area (Å²) in [5, 5.41) is 3.22. The van der Waals surface area contributed by atoms with Gasteiger partial charge < -0.3 is 20.6 Å². The second kappa shape index (κ2) is 8.95. The fourth-order valence-corrected chi connectivity index (χ4v) is 3.44. The highest BCUT2D eigenvalue weighted by molar-refractivity contribution is 6.13. The van der Waals surface area contributed by atoms with Gasteiger partial charge in [-0.3, -0.25) is 9.69 Å². The highest BCUT2D eigenvalue weighted by Crippen LogP contribution is 2.28. The Kier molecular flexibility index (Phi) is 6.38. The van der Waals surface area contributed by atoms with Crippen molar-refractivity contribution in [1.82, 2.24) is 14.9 Å². The number of ketones is 1. The molecule has 2 heterocycles. The Morgan fingerprint density at radius 2 is 2.14 bits per heavy atom. The Hall–Kier alpha value is -3.07. The average Bonchev–Trinajstić information content (AvgIpc) is 2.71. The van der Waals surface area contributed by atoms with Gasteiger partial charge in [0, 0.05) is 25.3 Å². The van der Waals surface area contributed by atoms with E-state index in [-0.39, 0.29) is 34.3 Å². The number of hydrogen-bond acceptors (Lipinski definition) is 8. The van der Waals surface area contributed by atoms with Crippen LogP contribution in [0.5, 0.6) is 5.75 Å². The molecule has 1 aliphatic heterocycles. The topological polar surface area (TPSA) is 110 Å². The summed E-state index contributed by atoms with van der Waals surface area (Å²) in [5.74, 6) is -0.400. The van der Waals surface area contributed by atoms with E-state index >= 15 is 0 Å². The highest BCUT2D eigenvalue weighted by Gasteiger charge is 2.24. The van der Waals surface area contributed by atoms with E-state index in [4.69, 9.17) is 10.5 Å². The SMILES string of the molecule is COc1ccc(F)c(C)c1C(=O)c1cnc(NC2CCN(CC=O)CC2)nc1N. The van der Waals surface area contributed by atoms with E-state index in [0.717, 1.165) is 32.2 Å². The lowest BCUT2D eigenvalue weighted by Gasteiger charge is -2.31. The summed E-state index contributed by atoms with van der Waals surface area (Å²) < 4.78 is 19.2. The zero-order chi connectivity index (χ0) is 21.0. The molecule has 1 fully saturated rings. The number of ether oxygens (including phenoxy) is 1. The van der Waals surface area contributed by atoms with Gasteiger partial charge in [0.25, 0.3) is 0 Å². The maximum Gasteiger partial charge on any atom is 0.224 e. The van der Waals surface area contributed by atoms with Gasteiger partial charge in [-0.2, -0.15) is 4.98 Å². The number of anilines is 2. The number of halogens is 1. The number of rotatable bonds is 7. The Balaban J connectivity index is 1.76. The van der Waals surface area contributed by atoms with E-state index in [1.807, 2.05) is 0 Å². The highest BCUT2D eigenvalue weighted by atomic mass is 19.1. The van der Waals surface area contributed by atoms with Crippen molar-refractivity contribution in [2.45, 2.75) is 25.8 Å². The van der Waals surface area contributed by atoms with Crippen LogP contribution in [-0.4, -0.2) is 59.7 Å². The van der Waals surface area contributed by atoms with Gasteiger partial charge in [-0.15, -0.1) is 0 Å². The van der Waals surface area contributed by atoms with Gasteiger partial charge in [-0.05, 0) is 37.5 Å². The van der Waals surface area contributed by atoms with E-state index in [1.54, 1.807) is 0 Å². The Labute approximate surface area is 168 Å². The summed E-state index contributed by atoms with van der Waals surface area (Å²) in [6.07, 6.45) is 3.94. The second-order valence-corrected chi connectivity index (χ2v) is 6.96. The summed E-state index contributed by atoms with van der Waals surface area (Å²) in [7, 11) is 1.41. The molecule has 0 spiro atoms. The average molecular weight is 401 g/mol. The number of nitrogens with one attached hydrogen (secondary N) is 1. The number of piperidine rings is 1. The van der Waals surface area contributed by atoms with Crippen LogP contribution in [0.4, 0.5) is 16.2 Å². The zero-order valence-corrected chi connectivity index (χ0v) is 16.4. The summed E-state index contributed by atoms with van der Waals surface area (Å²) >= 11 is 0. The Morgan fingerprint density at radius 1 is 1.41 bits per heavy atom. The van der Waals surface area contributed by atoms with Gasteiger partial charge >= 0.3 is 0 Å². The smallest absolute Gasteiger partial charge is 0.224 e. The largest absolute Gasteiger partial charge is 0.496 e. The summed E-state index contributed by atoms with van der Waals surface area (Å²) in [4.78, 5) is 34.1. The predicted octanol–water partition coefficient (Wildman–Crippen LogP) is 1.82. The summed E-state index contributed by atoms with van der Waals surface area (Å²) in [5.41, 5.74) is 6.38. The maximum atomic E-state index is 14.0. The minimum absolute atomic E-state index is 0.0107. The van der Waals surface area contributed by atoms with E-state index in [9.17, 15) is 14.0 Å². The molecule has 0 atom stereocenters. The maximum absolute atomic E-state index is 14.0. The standard InChI is InChI=1S/C20H24FN5O3/c1-12-15(21)3-4-16(29-2)17(12)18(28)14-11-23-20(25-19(14)22)24-13-5-7-26(8-6-13)9-10-27/h3-4,10-11,13H,5-9H2,1-2H3,(H3,22,23,24,25). The van der Waals surface area contributed by atoms with Crippen molar-refractivity contribution >= 4 is 23.8 Å². The first kappa shape index (κ1) is 20.7. The van der Waals surface area contributed by atoms with Crippen molar-refractivity contribution in [1.29, 1.82) is 0 Å². The van der Waals surface area contributed by atoms with Crippen molar-refractivity contribution < 1.29 is 18.7 Å². The summed E-state index contributed by atoms with van der Waals surface area (Å²) in [6.45, 7) is 3.56. The molecule has 1 aromatic carbocycles. The van der Waals surface area contributed by atoms with Gasteiger partial charge in [0.05, 0.1) is 24.8 Å². The number of benzene rings is 1. The molecule has 3 rings (SSSR count). The van der Waals surface area contributed by atoms with Crippen molar-refractivity contribution in [3.63, 3.8) is 0 Å². The first-order chi connectivity index (χ1) is 13.9. The van der Waals surface area contributed by atoms with Crippen LogP contribution in [-0.2, 0) is 4.79 Å². The van der Waals surface area contributed by atoms with Crippen molar-refractivity contribution in [2.24, 2.45) is 0 Å². The molecule has 29 heavy (non-hydrogen) atoms. The Bertz CT molecular complexity index is 913. The molecule has 2 aromatic rings. The number of carbonyl (C=O) groups excluding carboxylic acids is 2. The molecule has 3 N–H and O–H groups in total. The zero-order valence-electron chi connectivity index (χ0n) is 16.4. The van der Waals surface area contributed by atoms with Crippen molar-refractivity contribution in [3.05, 3.63) is 40.8 Å². The van der Waals surface area contributed by atoms with E-state index in [1.165, 1.54) is 32.4 Å². The van der Waals surface area contributed by atoms with Crippen molar-refractivity contribution in [3.8, 4) is 5.75 Å². The summed E-state index contributed by atoms with van der Waals surface area (Å²) in [6, 6.07) is 2.81. The van der Waals surface area contributed by atoms with Gasteiger partial charge in [-0.25, -0.2) is 9.37 Å². The fourth-order valence-electron chi connectivity index (χ4n) is 3.44.